The first-order valence-electron chi connectivity index (χ1n) is 5.64. The molecule has 0 saturated heterocycles. The smallest absolute Gasteiger partial charge is 0.244 e. The van der Waals surface area contributed by atoms with E-state index in [1.807, 2.05) is 18.2 Å². The lowest BCUT2D eigenvalue weighted by Crippen LogP contribution is -2.28. The van der Waals surface area contributed by atoms with Crippen LogP contribution in [-0.2, 0) is 4.79 Å². The molecule has 0 aliphatic carbocycles. The molecule has 0 aliphatic heterocycles. The zero-order chi connectivity index (χ0) is 13.8. The highest BCUT2D eigenvalue weighted by molar-refractivity contribution is 9.10. The molecule has 0 aliphatic rings. The van der Waals surface area contributed by atoms with Crippen molar-refractivity contribution < 1.29 is 9.18 Å². The Balaban J connectivity index is 2.33. The van der Waals surface area contributed by atoms with Crippen LogP contribution in [0.5, 0.6) is 0 Å². The Morgan fingerprint density at radius 1 is 1.21 bits per heavy atom. The number of para-hydroxylation sites is 1. The second-order valence-electron chi connectivity index (χ2n) is 4.01. The van der Waals surface area contributed by atoms with E-state index in [0.29, 0.717) is 10.2 Å². The maximum atomic E-state index is 13.9. The summed E-state index contributed by atoms with van der Waals surface area (Å²) in [5, 5.41) is 2.93. The number of halogens is 2. The van der Waals surface area contributed by atoms with Crippen molar-refractivity contribution in [3.63, 3.8) is 0 Å². The molecule has 0 saturated carbocycles. The molecule has 0 heterocycles. The van der Waals surface area contributed by atoms with Crippen LogP contribution in [-0.4, -0.2) is 5.91 Å². The second-order valence-corrected chi connectivity index (χ2v) is 4.93. The van der Waals surface area contributed by atoms with Gasteiger partial charge in [0.2, 0.25) is 5.91 Å². The predicted octanol–water partition coefficient (Wildman–Crippen LogP) is 3.23. The number of benzene rings is 2. The van der Waals surface area contributed by atoms with Gasteiger partial charge in [-0.2, -0.15) is 0 Å². The van der Waals surface area contributed by atoms with Crippen molar-refractivity contribution in [3.05, 3.63) is 64.4 Å². The quantitative estimate of drug-likeness (QED) is 0.908. The van der Waals surface area contributed by atoms with Crippen molar-refractivity contribution in [3.8, 4) is 0 Å². The third kappa shape index (κ3) is 3.32. The van der Waals surface area contributed by atoms with Gasteiger partial charge in [0.05, 0.1) is 0 Å². The van der Waals surface area contributed by atoms with Crippen LogP contribution in [0.25, 0.3) is 0 Å². The van der Waals surface area contributed by atoms with Crippen LogP contribution in [0, 0.1) is 5.82 Å². The van der Waals surface area contributed by atoms with Gasteiger partial charge in [0.15, 0.2) is 0 Å². The van der Waals surface area contributed by atoms with Crippen LogP contribution < -0.4 is 11.1 Å². The van der Waals surface area contributed by atoms with E-state index in [1.54, 1.807) is 18.2 Å². The van der Waals surface area contributed by atoms with Gasteiger partial charge >= 0.3 is 0 Å². The van der Waals surface area contributed by atoms with Gasteiger partial charge in [0.1, 0.15) is 11.9 Å². The fraction of sp³-hybridized carbons (Fsp3) is 0.0714. The Bertz CT molecular complexity index is 589. The SMILES string of the molecule is NC(=O)C(Nc1ccccc1)c1ccc(Br)cc1F. The van der Waals surface area contributed by atoms with E-state index >= 15 is 0 Å². The van der Waals surface area contributed by atoms with Crippen molar-refractivity contribution in [1.29, 1.82) is 0 Å². The largest absolute Gasteiger partial charge is 0.370 e. The Morgan fingerprint density at radius 3 is 2.47 bits per heavy atom. The number of carbonyl (C=O) groups excluding carboxylic acids is 1. The molecular formula is C14H12BrFN2O. The highest BCUT2D eigenvalue weighted by Crippen LogP contribution is 2.24. The van der Waals surface area contributed by atoms with Gasteiger partial charge in [0.25, 0.3) is 0 Å². The zero-order valence-electron chi connectivity index (χ0n) is 9.94. The van der Waals surface area contributed by atoms with E-state index in [0.717, 1.165) is 0 Å². The van der Waals surface area contributed by atoms with Crippen molar-refractivity contribution in [2.45, 2.75) is 6.04 Å². The predicted molar refractivity (Wildman–Crippen MR) is 76.1 cm³/mol. The van der Waals surface area contributed by atoms with Crippen molar-refractivity contribution in [1.82, 2.24) is 0 Å². The molecule has 19 heavy (non-hydrogen) atoms. The third-order valence-electron chi connectivity index (χ3n) is 2.64. The molecular weight excluding hydrogens is 311 g/mol. The number of anilines is 1. The fourth-order valence-electron chi connectivity index (χ4n) is 1.74. The Kier molecular flexibility index (Phi) is 4.16. The standard InChI is InChI=1S/C14H12BrFN2O/c15-9-6-7-11(12(16)8-9)13(14(17)19)18-10-4-2-1-3-5-10/h1-8,13,18H,(H2,17,19). The first-order chi connectivity index (χ1) is 9.08. The number of nitrogens with two attached hydrogens (primary N) is 1. The first-order valence-corrected chi connectivity index (χ1v) is 6.43. The average Bonchev–Trinajstić information content (AvgIpc) is 2.38. The van der Waals surface area contributed by atoms with Gasteiger partial charge in [-0.05, 0) is 24.3 Å². The summed E-state index contributed by atoms with van der Waals surface area (Å²) in [5.41, 5.74) is 6.27. The van der Waals surface area contributed by atoms with Gasteiger partial charge in [-0.25, -0.2) is 4.39 Å². The summed E-state index contributed by atoms with van der Waals surface area (Å²) in [7, 11) is 0. The monoisotopic (exact) mass is 322 g/mol. The van der Waals surface area contributed by atoms with Crippen LogP contribution in [0.2, 0.25) is 0 Å². The Hall–Kier alpha value is -1.88. The summed E-state index contributed by atoms with van der Waals surface area (Å²) in [6.07, 6.45) is 0. The summed E-state index contributed by atoms with van der Waals surface area (Å²) in [6, 6.07) is 12.7. The summed E-state index contributed by atoms with van der Waals surface area (Å²) < 4.78 is 14.5. The Morgan fingerprint density at radius 2 is 1.89 bits per heavy atom. The summed E-state index contributed by atoms with van der Waals surface area (Å²) in [4.78, 5) is 11.5. The molecule has 0 fully saturated rings. The minimum atomic E-state index is -0.907. The van der Waals surface area contributed by atoms with Crippen LogP contribution in [0.4, 0.5) is 10.1 Å². The summed E-state index contributed by atoms with van der Waals surface area (Å²) >= 11 is 3.17. The Labute approximate surface area is 118 Å². The van der Waals surface area contributed by atoms with Crippen LogP contribution in [0.1, 0.15) is 11.6 Å². The number of carbonyl (C=O) groups is 1. The van der Waals surface area contributed by atoms with E-state index in [2.05, 4.69) is 21.2 Å². The van der Waals surface area contributed by atoms with Gasteiger partial charge < -0.3 is 11.1 Å². The lowest BCUT2D eigenvalue weighted by molar-refractivity contribution is -0.118. The molecule has 1 amide bonds. The molecule has 5 heteroatoms. The van der Waals surface area contributed by atoms with Crippen molar-refractivity contribution >= 4 is 27.5 Å². The topological polar surface area (TPSA) is 55.1 Å². The highest BCUT2D eigenvalue weighted by Gasteiger charge is 2.21. The van der Waals surface area contributed by atoms with E-state index < -0.39 is 17.8 Å². The minimum absolute atomic E-state index is 0.222. The third-order valence-corrected chi connectivity index (χ3v) is 3.14. The molecule has 0 radical (unpaired) electrons. The molecule has 0 spiro atoms. The van der Waals surface area contributed by atoms with Crippen LogP contribution in [0.15, 0.2) is 53.0 Å². The number of hydrogen-bond donors (Lipinski definition) is 2. The maximum absolute atomic E-state index is 13.9. The number of amides is 1. The van der Waals surface area contributed by atoms with Crippen molar-refractivity contribution in [2.24, 2.45) is 5.73 Å². The van der Waals surface area contributed by atoms with Gasteiger partial charge in [-0.1, -0.05) is 40.2 Å². The second kappa shape index (κ2) is 5.84. The molecule has 3 nitrogen and oxygen atoms in total. The van der Waals surface area contributed by atoms with Gasteiger partial charge in [-0.3, -0.25) is 4.79 Å². The van der Waals surface area contributed by atoms with E-state index in [1.165, 1.54) is 12.1 Å². The van der Waals surface area contributed by atoms with Gasteiger partial charge in [-0.15, -0.1) is 0 Å². The molecule has 0 aromatic heterocycles. The minimum Gasteiger partial charge on any atom is -0.370 e. The molecule has 0 bridgehead atoms. The lowest BCUT2D eigenvalue weighted by Gasteiger charge is -2.17. The molecule has 98 valence electrons. The molecule has 2 aromatic carbocycles. The summed E-state index contributed by atoms with van der Waals surface area (Å²) in [5.74, 6) is -1.12. The highest BCUT2D eigenvalue weighted by atomic mass is 79.9. The van der Waals surface area contributed by atoms with E-state index in [4.69, 9.17) is 5.73 Å². The molecule has 1 atom stereocenters. The number of nitrogens with one attached hydrogen (secondary N) is 1. The molecule has 2 aromatic rings. The van der Waals surface area contributed by atoms with Crippen molar-refractivity contribution in [2.75, 3.05) is 5.32 Å². The summed E-state index contributed by atoms with van der Waals surface area (Å²) in [6.45, 7) is 0. The molecule has 3 N–H and O–H groups in total. The molecule has 2 rings (SSSR count). The van der Waals surface area contributed by atoms with Gasteiger partial charge in [0, 0.05) is 15.7 Å². The number of hydrogen-bond acceptors (Lipinski definition) is 2. The zero-order valence-corrected chi connectivity index (χ0v) is 11.5. The first kappa shape index (κ1) is 13.5. The fourth-order valence-corrected chi connectivity index (χ4v) is 2.07. The van der Waals surface area contributed by atoms with Crippen LogP contribution >= 0.6 is 15.9 Å². The maximum Gasteiger partial charge on any atom is 0.244 e. The van der Waals surface area contributed by atoms with E-state index in [9.17, 15) is 9.18 Å². The number of rotatable bonds is 4. The number of primary amides is 1. The average molecular weight is 323 g/mol. The molecule has 1 unspecified atom stereocenters. The van der Waals surface area contributed by atoms with Crippen LogP contribution in [0.3, 0.4) is 0 Å². The normalized spacial score (nSPS) is 11.9. The van der Waals surface area contributed by atoms with E-state index in [-0.39, 0.29) is 5.56 Å². The lowest BCUT2D eigenvalue weighted by atomic mass is 10.1.